The molecule has 0 radical (unpaired) electrons. The Kier molecular flexibility index (Phi) is 5.81. The second kappa shape index (κ2) is 5.85. The first kappa shape index (κ1) is 14.9. The van der Waals surface area contributed by atoms with Crippen molar-refractivity contribution in [1.82, 2.24) is 0 Å². The van der Waals surface area contributed by atoms with Gasteiger partial charge in [0.25, 0.3) is 0 Å². The van der Waals surface area contributed by atoms with Crippen LogP contribution < -0.4 is 0 Å². The minimum absolute atomic E-state index is 0.902. The van der Waals surface area contributed by atoms with Crippen molar-refractivity contribution in [2.24, 2.45) is 0 Å². The average molecular weight is 248 g/mol. The maximum absolute atomic E-state index is 10.2. The molecule has 0 aromatic heterocycles. The van der Waals surface area contributed by atoms with Crippen molar-refractivity contribution >= 4 is 7.82 Å². The van der Waals surface area contributed by atoms with Gasteiger partial charge in [0.05, 0.1) is 6.61 Å². The zero-order chi connectivity index (χ0) is 12.2. The van der Waals surface area contributed by atoms with Crippen molar-refractivity contribution in [3.05, 3.63) is 0 Å². The molecule has 0 spiro atoms. The molecule has 10 heteroatoms. The lowest BCUT2D eigenvalue weighted by molar-refractivity contribution is -0.174. The fourth-order valence-electron chi connectivity index (χ4n) is 0.707. The summed E-state index contributed by atoms with van der Waals surface area (Å²) in [7, 11) is -5.02. The SMILES string of the molecule is O=P(O)(O)OC(O)[C@H](O)[C@H](O)[C@@H](O)CO. The Morgan fingerprint density at radius 3 is 1.87 bits per heavy atom. The van der Waals surface area contributed by atoms with E-state index in [4.69, 9.17) is 35.3 Å². The van der Waals surface area contributed by atoms with Gasteiger partial charge in [-0.2, -0.15) is 0 Å². The summed E-state index contributed by atoms with van der Waals surface area (Å²) in [6.45, 7) is -0.902. The van der Waals surface area contributed by atoms with Gasteiger partial charge in [-0.05, 0) is 0 Å². The second-order valence-electron chi connectivity index (χ2n) is 2.72. The van der Waals surface area contributed by atoms with Crippen molar-refractivity contribution in [2.45, 2.75) is 24.6 Å². The molecule has 92 valence electrons. The monoisotopic (exact) mass is 248 g/mol. The van der Waals surface area contributed by atoms with Crippen LogP contribution in [-0.2, 0) is 9.09 Å². The van der Waals surface area contributed by atoms with Gasteiger partial charge < -0.3 is 35.3 Å². The van der Waals surface area contributed by atoms with Gasteiger partial charge in [0.15, 0.2) is 6.29 Å². The summed E-state index contributed by atoms with van der Waals surface area (Å²) in [5.41, 5.74) is 0. The Morgan fingerprint density at radius 1 is 1.07 bits per heavy atom. The second-order valence-corrected chi connectivity index (χ2v) is 3.91. The van der Waals surface area contributed by atoms with E-state index in [1.54, 1.807) is 0 Å². The predicted octanol–water partition coefficient (Wildman–Crippen LogP) is -3.51. The highest BCUT2D eigenvalue weighted by molar-refractivity contribution is 7.46. The number of phosphoric acid groups is 1. The summed E-state index contributed by atoms with van der Waals surface area (Å²) < 4.78 is 13.9. The Morgan fingerprint density at radius 2 is 1.53 bits per heavy atom. The lowest BCUT2D eigenvalue weighted by Gasteiger charge is -2.25. The van der Waals surface area contributed by atoms with Crippen LogP contribution in [0.4, 0.5) is 0 Å². The van der Waals surface area contributed by atoms with Crippen LogP contribution >= 0.6 is 7.82 Å². The third-order valence-corrected chi connectivity index (χ3v) is 1.96. The molecule has 0 aliphatic carbocycles. The van der Waals surface area contributed by atoms with E-state index in [1.807, 2.05) is 0 Å². The summed E-state index contributed by atoms with van der Waals surface area (Å²) in [5.74, 6) is 0. The molecule has 0 bridgehead atoms. The van der Waals surface area contributed by atoms with Crippen molar-refractivity contribution in [2.75, 3.05) is 6.61 Å². The number of aliphatic hydroxyl groups is 5. The summed E-state index contributed by atoms with van der Waals surface area (Å²) in [4.78, 5) is 16.5. The van der Waals surface area contributed by atoms with Gasteiger partial charge >= 0.3 is 7.82 Å². The third kappa shape index (κ3) is 5.52. The van der Waals surface area contributed by atoms with Crippen molar-refractivity contribution in [3.63, 3.8) is 0 Å². The molecule has 0 aromatic rings. The summed E-state index contributed by atoms with van der Waals surface area (Å²) in [6.07, 6.45) is -8.33. The van der Waals surface area contributed by atoms with Crippen LogP contribution in [0, 0.1) is 0 Å². The highest BCUT2D eigenvalue weighted by Gasteiger charge is 2.34. The fraction of sp³-hybridized carbons (Fsp3) is 1.00. The molecule has 0 aliphatic rings. The topological polar surface area (TPSA) is 168 Å². The van der Waals surface area contributed by atoms with Gasteiger partial charge in [0, 0.05) is 0 Å². The van der Waals surface area contributed by atoms with Crippen LogP contribution in [0.2, 0.25) is 0 Å². The van der Waals surface area contributed by atoms with Crippen molar-refractivity contribution in [1.29, 1.82) is 0 Å². The molecule has 9 nitrogen and oxygen atoms in total. The molecular formula is C5H13O9P. The zero-order valence-electron chi connectivity index (χ0n) is 7.41. The van der Waals surface area contributed by atoms with Gasteiger partial charge in [-0.15, -0.1) is 0 Å². The van der Waals surface area contributed by atoms with Crippen LogP contribution in [0.1, 0.15) is 0 Å². The minimum atomic E-state index is -5.02. The maximum atomic E-state index is 10.2. The van der Waals surface area contributed by atoms with Gasteiger partial charge in [-0.25, -0.2) is 4.57 Å². The van der Waals surface area contributed by atoms with E-state index in [0.29, 0.717) is 0 Å². The van der Waals surface area contributed by atoms with E-state index in [0.717, 1.165) is 0 Å². The molecule has 1 unspecified atom stereocenters. The van der Waals surface area contributed by atoms with E-state index in [-0.39, 0.29) is 0 Å². The number of rotatable bonds is 6. The van der Waals surface area contributed by atoms with Gasteiger partial charge in [-0.3, -0.25) is 4.52 Å². The molecule has 4 atom stereocenters. The molecular weight excluding hydrogens is 235 g/mol. The first-order chi connectivity index (χ1) is 6.69. The number of hydrogen-bond donors (Lipinski definition) is 7. The standard InChI is InChI=1S/C5H13O9P/c6-1-2(7)3(8)4(9)5(10)14-15(11,12)13/h2-10H,1H2,(H2,11,12,13)/t2-,3+,4+,5?/m0/s1. The number of hydrogen-bond acceptors (Lipinski definition) is 7. The Bertz CT molecular complexity index is 227. The molecule has 0 aliphatic heterocycles. The van der Waals surface area contributed by atoms with Gasteiger partial charge in [-0.1, -0.05) is 0 Å². The molecule has 0 amide bonds. The lowest BCUT2D eigenvalue weighted by atomic mass is 10.1. The van der Waals surface area contributed by atoms with E-state index < -0.39 is 39.0 Å². The lowest BCUT2D eigenvalue weighted by Crippen LogP contribution is -2.46. The number of aliphatic hydroxyl groups excluding tert-OH is 5. The fourth-order valence-corrected chi connectivity index (χ4v) is 1.11. The highest BCUT2D eigenvalue weighted by atomic mass is 31.2. The normalized spacial score (nSPS) is 20.7. The van der Waals surface area contributed by atoms with Crippen LogP contribution in [0.5, 0.6) is 0 Å². The molecule has 0 fully saturated rings. The van der Waals surface area contributed by atoms with Crippen molar-refractivity contribution < 1.29 is 44.4 Å². The smallest absolute Gasteiger partial charge is 0.394 e. The molecule has 7 N–H and O–H groups in total. The summed E-state index contributed by atoms with van der Waals surface area (Å²) in [6, 6.07) is 0. The predicted molar refractivity (Wildman–Crippen MR) is 44.2 cm³/mol. The van der Waals surface area contributed by atoms with Gasteiger partial charge in [0.1, 0.15) is 18.3 Å². The third-order valence-electron chi connectivity index (χ3n) is 1.47. The van der Waals surface area contributed by atoms with E-state index in [1.165, 1.54) is 0 Å². The largest absolute Gasteiger partial charge is 0.472 e. The molecule has 0 saturated carbocycles. The molecule has 0 saturated heterocycles. The molecule has 0 rings (SSSR count). The Balaban J connectivity index is 4.31. The minimum Gasteiger partial charge on any atom is -0.394 e. The van der Waals surface area contributed by atoms with Crippen LogP contribution in [0.25, 0.3) is 0 Å². The Hall–Kier alpha value is -0.0900. The molecule has 0 aromatic carbocycles. The highest BCUT2D eigenvalue weighted by Crippen LogP contribution is 2.37. The Labute approximate surface area is 84.4 Å². The van der Waals surface area contributed by atoms with E-state index in [2.05, 4.69) is 4.52 Å². The summed E-state index contributed by atoms with van der Waals surface area (Å²) >= 11 is 0. The first-order valence-corrected chi connectivity index (χ1v) is 5.29. The average Bonchev–Trinajstić information content (AvgIpc) is 2.11. The van der Waals surface area contributed by atoms with Crippen LogP contribution in [-0.4, -0.2) is 66.5 Å². The quantitative estimate of drug-likeness (QED) is 0.186. The first-order valence-electron chi connectivity index (χ1n) is 3.76. The van der Waals surface area contributed by atoms with Crippen molar-refractivity contribution in [3.8, 4) is 0 Å². The van der Waals surface area contributed by atoms with Crippen LogP contribution in [0.3, 0.4) is 0 Å². The van der Waals surface area contributed by atoms with Crippen LogP contribution in [0.15, 0.2) is 0 Å². The molecule has 0 heterocycles. The zero-order valence-corrected chi connectivity index (χ0v) is 8.31. The summed E-state index contributed by atoms with van der Waals surface area (Å²) in [5, 5.41) is 44.1. The van der Waals surface area contributed by atoms with Gasteiger partial charge in [0.2, 0.25) is 0 Å². The maximum Gasteiger partial charge on any atom is 0.472 e. The van der Waals surface area contributed by atoms with E-state index >= 15 is 0 Å². The number of phosphoric ester groups is 1. The van der Waals surface area contributed by atoms with E-state index in [9.17, 15) is 4.57 Å². The molecule has 15 heavy (non-hydrogen) atoms.